The maximum Gasteiger partial charge on any atom is 0.335 e. The molecule has 2 unspecified atom stereocenters. The van der Waals surface area contributed by atoms with Crippen molar-refractivity contribution >= 4 is 17.7 Å². The molecule has 0 spiro atoms. The monoisotopic (exact) mass is 216 g/mol. The lowest BCUT2D eigenvalue weighted by molar-refractivity contribution is -0.154. The van der Waals surface area contributed by atoms with Gasteiger partial charge in [0.05, 0.1) is 26.6 Å². The van der Waals surface area contributed by atoms with Crippen LogP contribution in [0.5, 0.6) is 0 Å². The number of rotatable bonds is 3. The van der Waals surface area contributed by atoms with Crippen molar-refractivity contribution in [3.8, 4) is 0 Å². The van der Waals surface area contributed by atoms with Gasteiger partial charge in [-0.2, -0.15) is 0 Å². The molecule has 6 nitrogen and oxygen atoms in total. The van der Waals surface area contributed by atoms with Gasteiger partial charge in [-0.1, -0.05) is 0 Å². The highest BCUT2D eigenvalue weighted by atomic mass is 16.6. The van der Waals surface area contributed by atoms with Gasteiger partial charge in [0.25, 0.3) is 0 Å². The van der Waals surface area contributed by atoms with Crippen LogP contribution >= 0.6 is 0 Å². The molecule has 0 bridgehead atoms. The average Bonchev–Trinajstić information content (AvgIpc) is 2.59. The van der Waals surface area contributed by atoms with Crippen molar-refractivity contribution in [1.82, 2.24) is 0 Å². The first-order chi connectivity index (χ1) is 7.10. The fourth-order valence-corrected chi connectivity index (χ4v) is 1.40. The molecule has 1 aliphatic heterocycles. The van der Waals surface area contributed by atoms with Crippen LogP contribution in [0.15, 0.2) is 0 Å². The Bertz CT molecular complexity index is 284. The van der Waals surface area contributed by atoms with E-state index < -0.39 is 24.0 Å². The molecule has 0 radical (unpaired) electrons. The number of hydrogen-bond acceptors (Lipinski definition) is 6. The first-order valence-corrected chi connectivity index (χ1v) is 4.39. The third-order valence-electron chi connectivity index (χ3n) is 2.23. The SMILES string of the molecule is COC(=O)CC1C(=O)COC1C(=O)OC. The van der Waals surface area contributed by atoms with E-state index in [-0.39, 0.29) is 18.8 Å². The molecular weight excluding hydrogens is 204 g/mol. The van der Waals surface area contributed by atoms with Crippen LogP contribution in [0.4, 0.5) is 0 Å². The molecule has 6 heteroatoms. The Morgan fingerprint density at radius 3 is 2.60 bits per heavy atom. The molecule has 1 rings (SSSR count). The molecule has 1 aliphatic rings. The van der Waals surface area contributed by atoms with E-state index in [1.165, 1.54) is 14.2 Å². The van der Waals surface area contributed by atoms with Crippen molar-refractivity contribution in [3.63, 3.8) is 0 Å². The van der Waals surface area contributed by atoms with E-state index in [4.69, 9.17) is 4.74 Å². The first kappa shape index (κ1) is 11.6. The summed E-state index contributed by atoms with van der Waals surface area (Å²) in [5.41, 5.74) is 0. The zero-order valence-corrected chi connectivity index (χ0v) is 8.52. The van der Waals surface area contributed by atoms with Crippen LogP contribution in [0, 0.1) is 5.92 Å². The zero-order chi connectivity index (χ0) is 11.4. The molecule has 15 heavy (non-hydrogen) atoms. The van der Waals surface area contributed by atoms with Gasteiger partial charge in [0, 0.05) is 0 Å². The summed E-state index contributed by atoms with van der Waals surface area (Å²) in [6.07, 6.45) is -1.14. The highest BCUT2D eigenvalue weighted by Gasteiger charge is 2.42. The molecular formula is C9H12O6. The summed E-state index contributed by atoms with van der Waals surface area (Å²) in [5.74, 6) is -2.26. The summed E-state index contributed by atoms with van der Waals surface area (Å²) in [6, 6.07) is 0. The fourth-order valence-electron chi connectivity index (χ4n) is 1.40. The summed E-state index contributed by atoms with van der Waals surface area (Å²) in [4.78, 5) is 33.5. The number of ether oxygens (including phenoxy) is 3. The van der Waals surface area contributed by atoms with Crippen LogP contribution in [0.1, 0.15) is 6.42 Å². The number of hydrogen-bond donors (Lipinski definition) is 0. The zero-order valence-electron chi connectivity index (χ0n) is 8.52. The van der Waals surface area contributed by atoms with Gasteiger partial charge in [0.15, 0.2) is 11.9 Å². The van der Waals surface area contributed by atoms with Crippen LogP contribution in [-0.2, 0) is 28.6 Å². The summed E-state index contributed by atoms with van der Waals surface area (Å²) >= 11 is 0. The Labute approximate surface area is 86.5 Å². The van der Waals surface area contributed by atoms with Gasteiger partial charge in [0.2, 0.25) is 0 Å². The Morgan fingerprint density at radius 1 is 1.40 bits per heavy atom. The van der Waals surface area contributed by atoms with Crippen LogP contribution in [0.25, 0.3) is 0 Å². The predicted octanol–water partition coefficient (Wildman–Crippen LogP) is -0.693. The van der Waals surface area contributed by atoms with Crippen molar-refractivity contribution in [1.29, 1.82) is 0 Å². The summed E-state index contributed by atoms with van der Waals surface area (Å²) in [5, 5.41) is 0. The van der Waals surface area contributed by atoms with Gasteiger partial charge >= 0.3 is 11.9 Å². The number of Topliss-reactive ketones (excluding diaryl/α,β-unsaturated/α-hetero) is 1. The lowest BCUT2D eigenvalue weighted by Gasteiger charge is -2.13. The topological polar surface area (TPSA) is 78.9 Å². The molecule has 84 valence electrons. The Kier molecular flexibility index (Phi) is 3.79. The molecule has 1 saturated heterocycles. The van der Waals surface area contributed by atoms with Crippen molar-refractivity contribution in [2.24, 2.45) is 5.92 Å². The molecule has 0 aromatic heterocycles. The largest absolute Gasteiger partial charge is 0.469 e. The molecule has 1 heterocycles. The van der Waals surface area contributed by atoms with E-state index in [1.807, 2.05) is 0 Å². The predicted molar refractivity (Wildman–Crippen MR) is 46.9 cm³/mol. The van der Waals surface area contributed by atoms with Crippen LogP contribution in [0.3, 0.4) is 0 Å². The second-order valence-corrected chi connectivity index (χ2v) is 3.11. The lowest BCUT2D eigenvalue weighted by atomic mass is 9.96. The van der Waals surface area contributed by atoms with Crippen molar-refractivity contribution in [2.75, 3.05) is 20.8 Å². The number of esters is 2. The molecule has 0 saturated carbocycles. The maximum atomic E-state index is 11.3. The van der Waals surface area contributed by atoms with E-state index in [2.05, 4.69) is 9.47 Å². The second kappa shape index (κ2) is 4.88. The van der Waals surface area contributed by atoms with Crippen LogP contribution in [0.2, 0.25) is 0 Å². The number of carbonyl (C=O) groups is 3. The van der Waals surface area contributed by atoms with Crippen molar-refractivity contribution in [3.05, 3.63) is 0 Å². The van der Waals surface area contributed by atoms with Gasteiger partial charge in [-0.05, 0) is 0 Å². The number of carbonyl (C=O) groups excluding carboxylic acids is 3. The highest BCUT2D eigenvalue weighted by Crippen LogP contribution is 2.22. The first-order valence-electron chi connectivity index (χ1n) is 4.39. The van der Waals surface area contributed by atoms with Gasteiger partial charge in [-0.3, -0.25) is 9.59 Å². The van der Waals surface area contributed by atoms with Gasteiger partial charge in [-0.25, -0.2) is 4.79 Å². The third-order valence-corrected chi connectivity index (χ3v) is 2.23. The molecule has 0 aromatic rings. The van der Waals surface area contributed by atoms with E-state index >= 15 is 0 Å². The summed E-state index contributed by atoms with van der Waals surface area (Å²) < 4.78 is 13.8. The molecule has 2 atom stereocenters. The minimum Gasteiger partial charge on any atom is -0.469 e. The quantitative estimate of drug-likeness (QED) is 0.581. The minimum absolute atomic E-state index is 0.158. The number of ketones is 1. The molecule has 0 aliphatic carbocycles. The molecule has 0 N–H and O–H groups in total. The van der Waals surface area contributed by atoms with Gasteiger partial charge in [0.1, 0.15) is 6.61 Å². The van der Waals surface area contributed by atoms with Crippen LogP contribution < -0.4 is 0 Å². The maximum absolute atomic E-state index is 11.3. The van der Waals surface area contributed by atoms with Gasteiger partial charge in [-0.15, -0.1) is 0 Å². The Hall–Kier alpha value is -1.43. The molecule has 0 aromatic carbocycles. The van der Waals surface area contributed by atoms with E-state index in [0.29, 0.717) is 0 Å². The second-order valence-electron chi connectivity index (χ2n) is 3.11. The third kappa shape index (κ3) is 2.53. The molecule has 1 fully saturated rings. The lowest BCUT2D eigenvalue weighted by Crippen LogP contribution is -2.32. The smallest absolute Gasteiger partial charge is 0.335 e. The summed E-state index contributed by atoms with van der Waals surface area (Å²) in [6.45, 7) is -0.165. The van der Waals surface area contributed by atoms with Crippen molar-refractivity contribution < 1.29 is 28.6 Å². The minimum atomic E-state index is -0.985. The average molecular weight is 216 g/mol. The van der Waals surface area contributed by atoms with Crippen molar-refractivity contribution in [2.45, 2.75) is 12.5 Å². The van der Waals surface area contributed by atoms with Gasteiger partial charge < -0.3 is 14.2 Å². The van der Waals surface area contributed by atoms with E-state index in [1.54, 1.807) is 0 Å². The Balaban J connectivity index is 2.68. The standard InChI is InChI=1S/C9H12O6/c1-13-7(11)3-5-6(10)4-15-8(5)9(12)14-2/h5,8H,3-4H2,1-2H3. The van der Waals surface area contributed by atoms with E-state index in [9.17, 15) is 14.4 Å². The molecule has 0 amide bonds. The summed E-state index contributed by atoms with van der Waals surface area (Å²) in [7, 11) is 2.42. The number of methoxy groups -OCH3 is 2. The van der Waals surface area contributed by atoms with E-state index in [0.717, 1.165) is 0 Å². The normalized spacial score (nSPS) is 25.1. The van der Waals surface area contributed by atoms with Crippen LogP contribution in [-0.4, -0.2) is 44.7 Å². The fraction of sp³-hybridized carbons (Fsp3) is 0.667. The Morgan fingerprint density at radius 2 is 2.07 bits per heavy atom. The highest BCUT2D eigenvalue weighted by molar-refractivity contribution is 5.94.